The molecule has 1 fully saturated rings. The molecule has 0 spiro atoms. The summed E-state index contributed by atoms with van der Waals surface area (Å²) in [5, 5.41) is 0.176. The summed E-state index contributed by atoms with van der Waals surface area (Å²) >= 11 is 1.39. The third kappa shape index (κ3) is 4.22. The smallest absolute Gasteiger partial charge is 0.236 e. The lowest BCUT2D eigenvalue weighted by Gasteiger charge is -2.31. The van der Waals surface area contributed by atoms with Crippen molar-refractivity contribution in [1.29, 1.82) is 0 Å². The maximum absolute atomic E-state index is 11.3. The Morgan fingerprint density at radius 1 is 1.40 bits per heavy atom. The second-order valence-electron chi connectivity index (χ2n) is 3.83. The maximum Gasteiger partial charge on any atom is 0.236 e. The van der Waals surface area contributed by atoms with E-state index >= 15 is 0 Å². The Hall–Kier alpha value is -0.550. The Kier molecular flexibility index (Phi) is 5.11. The van der Waals surface area contributed by atoms with Crippen LogP contribution in [0.2, 0.25) is 0 Å². The second kappa shape index (κ2) is 6.12. The number of thioether (sulfide) groups is 1. The molecule has 0 aliphatic carbocycles. The van der Waals surface area contributed by atoms with Crippen LogP contribution in [0, 0.1) is 5.92 Å². The summed E-state index contributed by atoms with van der Waals surface area (Å²) in [6.45, 7) is 3.28. The number of rotatable bonds is 3. The van der Waals surface area contributed by atoms with Crippen LogP contribution in [-0.4, -0.2) is 41.3 Å². The van der Waals surface area contributed by atoms with E-state index in [1.807, 2.05) is 4.90 Å². The Morgan fingerprint density at radius 3 is 2.47 bits per heavy atom. The van der Waals surface area contributed by atoms with Crippen LogP contribution in [-0.2, 0) is 9.59 Å². The number of carbonyl (C=O) groups excluding carboxylic acids is 2. The molecule has 0 atom stereocenters. The number of piperidine rings is 1. The standard InChI is InChI=1S/C10H18N2O2S/c1-8(13)15-7-9-2-4-12(5-3-9)10(14)6-11/h9H,2-7,11H2,1H3. The number of carbonyl (C=O) groups is 2. The van der Waals surface area contributed by atoms with Gasteiger partial charge in [-0.15, -0.1) is 0 Å². The molecule has 0 aromatic heterocycles. The molecule has 1 heterocycles. The molecule has 1 aliphatic heterocycles. The van der Waals surface area contributed by atoms with Crippen molar-refractivity contribution in [3.05, 3.63) is 0 Å². The third-order valence-electron chi connectivity index (χ3n) is 2.66. The molecular weight excluding hydrogens is 212 g/mol. The van der Waals surface area contributed by atoms with Gasteiger partial charge in [0.05, 0.1) is 6.54 Å². The third-order valence-corrected chi connectivity index (χ3v) is 3.71. The highest BCUT2D eigenvalue weighted by Gasteiger charge is 2.21. The molecule has 86 valence electrons. The van der Waals surface area contributed by atoms with E-state index < -0.39 is 0 Å². The van der Waals surface area contributed by atoms with E-state index in [0.29, 0.717) is 5.92 Å². The maximum atomic E-state index is 11.3. The largest absolute Gasteiger partial charge is 0.342 e. The van der Waals surface area contributed by atoms with E-state index in [-0.39, 0.29) is 17.6 Å². The van der Waals surface area contributed by atoms with Gasteiger partial charge in [-0.3, -0.25) is 9.59 Å². The lowest BCUT2D eigenvalue weighted by Crippen LogP contribution is -2.42. The van der Waals surface area contributed by atoms with Gasteiger partial charge in [0.25, 0.3) is 0 Å². The number of hydrogen-bond acceptors (Lipinski definition) is 4. The van der Waals surface area contributed by atoms with E-state index in [9.17, 15) is 9.59 Å². The molecule has 0 aromatic carbocycles. The van der Waals surface area contributed by atoms with Crippen molar-refractivity contribution >= 4 is 22.8 Å². The van der Waals surface area contributed by atoms with E-state index in [4.69, 9.17) is 5.73 Å². The zero-order valence-corrected chi connectivity index (χ0v) is 9.89. The second-order valence-corrected chi connectivity index (χ2v) is 5.03. The fourth-order valence-corrected chi connectivity index (χ4v) is 2.52. The number of nitrogens with zero attached hydrogens (tertiary/aromatic N) is 1. The fraction of sp³-hybridized carbons (Fsp3) is 0.800. The Bertz CT molecular complexity index is 238. The van der Waals surface area contributed by atoms with Crippen LogP contribution in [0.5, 0.6) is 0 Å². The van der Waals surface area contributed by atoms with Crippen molar-refractivity contribution in [3.63, 3.8) is 0 Å². The molecule has 1 rings (SSSR count). The lowest BCUT2D eigenvalue weighted by atomic mass is 9.99. The van der Waals surface area contributed by atoms with Gasteiger partial charge in [0, 0.05) is 25.8 Å². The Balaban J connectivity index is 2.23. The first kappa shape index (κ1) is 12.5. The van der Waals surface area contributed by atoms with Gasteiger partial charge in [-0.2, -0.15) is 0 Å². The van der Waals surface area contributed by atoms with E-state index in [2.05, 4.69) is 0 Å². The van der Waals surface area contributed by atoms with Crippen molar-refractivity contribution < 1.29 is 9.59 Å². The van der Waals surface area contributed by atoms with E-state index in [1.54, 1.807) is 6.92 Å². The van der Waals surface area contributed by atoms with Crippen molar-refractivity contribution in [3.8, 4) is 0 Å². The topological polar surface area (TPSA) is 63.4 Å². The highest BCUT2D eigenvalue weighted by atomic mass is 32.2. The average Bonchev–Trinajstić information content (AvgIpc) is 2.26. The summed E-state index contributed by atoms with van der Waals surface area (Å²) in [5.74, 6) is 1.49. The minimum absolute atomic E-state index is 0.0349. The molecule has 1 amide bonds. The molecule has 1 saturated heterocycles. The fourth-order valence-electron chi connectivity index (χ4n) is 1.71. The molecule has 0 bridgehead atoms. The lowest BCUT2D eigenvalue weighted by molar-refractivity contribution is -0.130. The summed E-state index contributed by atoms with van der Waals surface area (Å²) < 4.78 is 0. The van der Waals surface area contributed by atoms with Gasteiger partial charge >= 0.3 is 0 Å². The monoisotopic (exact) mass is 230 g/mol. The van der Waals surface area contributed by atoms with Gasteiger partial charge in [-0.25, -0.2) is 0 Å². The van der Waals surface area contributed by atoms with Crippen LogP contribution in [0.15, 0.2) is 0 Å². The van der Waals surface area contributed by atoms with Crippen molar-refractivity contribution in [2.45, 2.75) is 19.8 Å². The first-order valence-electron chi connectivity index (χ1n) is 5.24. The zero-order valence-electron chi connectivity index (χ0n) is 9.07. The van der Waals surface area contributed by atoms with Crippen molar-refractivity contribution in [2.75, 3.05) is 25.4 Å². The van der Waals surface area contributed by atoms with Gasteiger partial charge in [0.2, 0.25) is 5.91 Å². The molecule has 15 heavy (non-hydrogen) atoms. The number of hydrogen-bond donors (Lipinski definition) is 1. The molecule has 0 aromatic rings. The molecular formula is C10H18N2O2S. The first-order chi connectivity index (χ1) is 7.13. The number of nitrogens with two attached hydrogens (primary N) is 1. The van der Waals surface area contributed by atoms with E-state index in [0.717, 1.165) is 31.7 Å². The van der Waals surface area contributed by atoms with Crippen LogP contribution >= 0.6 is 11.8 Å². The van der Waals surface area contributed by atoms with Crippen LogP contribution in [0.4, 0.5) is 0 Å². The SMILES string of the molecule is CC(=O)SCC1CCN(C(=O)CN)CC1. The van der Waals surface area contributed by atoms with Gasteiger partial charge in [0.15, 0.2) is 5.12 Å². The van der Waals surface area contributed by atoms with Crippen molar-refractivity contribution in [1.82, 2.24) is 4.90 Å². The molecule has 5 heteroatoms. The van der Waals surface area contributed by atoms with Crippen LogP contribution in [0.25, 0.3) is 0 Å². The summed E-state index contributed by atoms with van der Waals surface area (Å²) in [6, 6.07) is 0. The van der Waals surface area contributed by atoms with Crippen molar-refractivity contribution in [2.24, 2.45) is 11.7 Å². The highest BCUT2D eigenvalue weighted by Crippen LogP contribution is 2.21. The van der Waals surface area contributed by atoms with Gasteiger partial charge in [-0.1, -0.05) is 11.8 Å². The zero-order chi connectivity index (χ0) is 11.3. The molecule has 0 radical (unpaired) electrons. The summed E-state index contributed by atoms with van der Waals surface area (Å²) in [7, 11) is 0. The predicted molar refractivity (Wildman–Crippen MR) is 61.5 cm³/mol. The summed E-state index contributed by atoms with van der Waals surface area (Å²) in [4.78, 5) is 23.9. The molecule has 4 nitrogen and oxygen atoms in total. The quantitative estimate of drug-likeness (QED) is 0.765. The van der Waals surface area contributed by atoms with Crippen LogP contribution in [0.3, 0.4) is 0 Å². The number of likely N-dealkylation sites (tertiary alicyclic amines) is 1. The molecule has 1 aliphatic rings. The summed E-state index contributed by atoms with van der Waals surface area (Å²) in [6.07, 6.45) is 1.98. The minimum atomic E-state index is 0.0349. The minimum Gasteiger partial charge on any atom is -0.342 e. The number of amides is 1. The van der Waals surface area contributed by atoms with E-state index in [1.165, 1.54) is 11.8 Å². The summed E-state index contributed by atoms with van der Waals surface area (Å²) in [5.41, 5.74) is 5.30. The van der Waals surface area contributed by atoms with Crippen LogP contribution < -0.4 is 5.73 Å². The van der Waals surface area contributed by atoms with Crippen LogP contribution in [0.1, 0.15) is 19.8 Å². The molecule has 2 N–H and O–H groups in total. The van der Waals surface area contributed by atoms with Gasteiger partial charge < -0.3 is 10.6 Å². The average molecular weight is 230 g/mol. The normalized spacial score (nSPS) is 17.9. The Morgan fingerprint density at radius 2 is 2.00 bits per heavy atom. The van der Waals surface area contributed by atoms with Gasteiger partial charge in [-0.05, 0) is 18.8 Å². The predicted octanol–water partition coefficient (Wildman–Crippen LogP) is 0.463. The molecule has 0 unspecified atom stereocenters. The Labute approximate surface area is 94.6 Å². The molecule has 0 saturated carbocycles. The van der Waals surface area contributed by atoms with Gasteiger partial charge in [0.1, 0.15) is 0 Å². The highest BCUT2D eigenvalue weighted by molar-refractivity contribution is 8.13. The first-order valence-corrected chi connectivity index (χ1v) is 6.23.